The van der Waals surface area contributed by atoms with Crippen LogP contribution in [0.15, 0.2) is 48.5 Å². The molecule has 1 heterocycles. The first-order valence-corrected chi connectivity index (χ1v) is 9.87. The van der Waals surface area contributed by atoms with Gasteiger partial charge in [-0.05, 0) is 62.3 Å². The first-order chi connectivity index (χ1) is 12.7. The van der Waals surface area contributed by atoms with Gasteiger partial charge in [0.25, 0.3) is 0 Å². The summed E-state index contributed by atoms with van der Waals surface area (Å²) in [5.41, 5.74) is 4.97. The van der Waals surface area contributed by atoms with Crippen LogP contribution in [0.25, 0.3) is 0 Å². The fraction of sp³-hybridized carbons (Fsp3) is 0.435. The molecule has 0 saturated carbocycles. The quantitative estimate of drug-likeness (QED) is 0.756. The fourth-order valence-electron chi connectivity index (χ4n) is 3.62. The van der Waals surface area contributed by atoms with Gasteiger partial charge in [-0.25, -0.2) is 0 Å². The second-order valence-electron chi connectivity index (χ2n) is 7.33. The molecule has 1 fully saturated rings. The molecule has 26 heavy (non-hydrogen) atoms. The molecule has 0 unspecified atom stereocenters. The number of rotatable bonds is 7. The van der Waals surface area contributed by atoms with Gasteiger partial charge in [0.15, 0.2) is 0 Å². The Bertz CT molecular complexity index is 702. The summed E-state index contributed by atoms with van der Waals surface area (Å²) in [6.45, 7) is 5.16. The molecular weight excluding hydrogens is 320 g/mol. The number of nitrogens with one attached hydrogen (secondary N) is 1. The third-order valence-electron chi connectivity index (χ3n) is 5.07. The van der Waals surface area contributed by atoms with E-state index in [9.17, 15) is 4.79 Å². The molecular formula is C23H30N2O. The minimum atomic E-state index is 0.107. The van der Waals surface area contributed by atoms with E-state index in [1.807, 2.05) is 12.1 Å². The fourth-order valence-corrected chi connectivity index (χ4v) is 3.62. The van der Waals surface area contributed by atoms with E-state index in [1.165, 1.54) is 49.2 Å². The molecule has 1 amide bonds. The van der Waals surface area contributed by atoms with Crippen molar-refractivity contribution in [3.8, 4) is 0 Å². The minimum absolute atomic E-state index is 0.107. The van der Waals surface area contributed by atoms with Gasteiger partial charge in [-0.15, -0.1) is 0 Å². The molecule has 3 rings (SSSR count). The molecule has 1 aliphatic heterocycles. The Morgan fingerprint density at radius 3 is 2.50 bits per heavy atom. The SMILES string of the molecule is Cc1cccc(CC(=O)NCCCc2ccc(N3CCCCC3)cc2)c1. The smallest absolute Gasteiger partial charge is 0.224 e. The van der Waals surface area contributed by atoms with E-state index in [2.05, 4.69) is 53.5 Å². The van der Waals surface area contributed by atoms with Crippen LogP contribution in [0.2, 0.25) is 0 Å². The molecule has 2 aromatic carbocycles. The summed E-state index contributed by atoms with van der Waals surface area (Å²) >= 11 is 0. The van der Waals surface area contributed by atoms with Gasteiger partial charge >= 0.3 is 0 Å². The van der Waals surface area contributed by atoms with E-state index in [0.717, 1.165) is 24.9 Å². The maximum absolute atomic E-state index is 12.0. The van der Waals surface area contributed by atoms with Gasteiger partial charge in [0.2, 0.25) is 5.91 Å². The summed E-state index contributed by atoms with van der Waals surface area (Å²) in [6, 6.07) is 17.1. The molecule has 1 aliphatic rings. The summed E-state index contributed by atoms with van der Waals surface area (Å²) in [6.07, 6.45) is 6.43. The third-order valence-corrected chi connectivity index (χ3v) is 5.07. The van der Waals surface area contributed by atoms with Crippen LogP contribution >= 0.6 is 0 Å². The van der Waals surface area contributed by atoms with Crippen LogP contribution in [-0.2, 0) is 17.6 Å². The van der Waals surface area contributed by atoms with Gasteiger partial charge in [0.05, 0.1) is 6.42 Å². The highest BCUT2D eigenvalue weighted by Crippen LogP contribution is 2.20. The first kappa shape index (κ1) is 18.5. The van der Waals surface area contributed by atoms with Crippen molar-refractivity contribution in [2.45, 2.75) is 45.4 Å². The van der Waals surface area contributed by atoms with Gasteiger partial charge in [0, 0.05) is 25.3 Å². The number of nitrogens with zero attached hydrogens (tertiary/aromatic N) is 1. The number of carbonyl (C=O) groups excluding carboxylic acids is 1. The zero-order valence-corrected chi connectivity index (χ0v) is 15.8. The molecule has 2 aromatic rings. The molecule has 0 radical (unpaired) electrons. The Kier molecular flexibility index (Phi) is 6.70. The molecule has 0 aromatic heterocycles. The zero-order valence-electron chi connectivity index (χ0n) is 15.8. The van der Waals surface area contributed by atoms with Gasteiger partial charge in [-0.3, -0.25) is 4.79 Å². The highest BCUT2D eigenvalue weighted by atomic mass is 16.1. The van der Waals surface area contributed by atoms with E-state index in [4.69, 9.17) is 0 Å². The van der Waals surface area contributed by atoms with Gasteiger partial charge in [-0.2, -0.15) is 0 Å². The van der Waals surface area contributed by atoms with E-state index in [-0.39, 0.29) is 5.91 Å². The van der Waals surface area contributed by atoms with Crippen molar-refractivity contribution in [1.29, 1.82) is 0 Å². The predicted octanol–water partition coefficient (Wildman–Crippen LogP) is 4.28. The summed E-state index contributed by atoms with van der Waals surface area (Å²) < 4.78 is 0. The largest absolute Gasteiger partial charge is 0.372 e. The molecule has 3 nitrogen and oxygen atoms in total. The Balaban J connectivity index is 1.37. The number of carbonyl (C=O) groups is 1. The van der Waals surface area contributed by atoms with Crippen LogP contribution in [0.3, 0.4) is 0 Å². The predicted molar refractivity (Wildman–Crippen MR) is 109 cm³/mol. The number of benzene rings is 2. The lowest BCUT2D eigenvalue weighted by Crippen LogP contribution is -2.29. The van der Waals surface area contributed by atoms with Gasteiger partial charge < -0.3 is 10.2 Å². The van der Waals surface area contributed by atoms with Gasteiger partial charge in [-0.1, -0.05) is 42.0 Å². The van der Waals surface area contributed by atoms with Gasteiger partial charge in [0.1, 0.15) is 0 Å². The highest BCUT2D eigenvalue weighted by molar-refractivity contribution is 5.78. The monoisotopic (exact) mass is 350 g/mol. The first-order valence-electron chi connectivity index (χ1n) is 9.87. The summed E-state index contributed by atoms with van der Waals surface area (Å²) in [4.78, 5) is 14.5. The average molecular weight is 351 g/mol. The van der Waals surface area contributed by atoms with Crippen molar-refractivity contribution in [2.75, 3.05) is 24.5 Å². The standard InChI is InChI=1S/C23H30N2O/c1-19-7-5-8-21(17-19)18-23(26)24-14-6-9-20-10-12-22(13-11-20)25-15-3-2-4-16-25/h5,7-8,10-13,17H,2-4,6,9,14-16,18H2,1H3,(H,24,26). The topological polar surface area (TPSA) is 32.3 Å². The van der Waals surface area contributed by atoms with Crippen LogP contribution in [0.4, 0.5) is 5.69 Å². The number of hydrogen-bond donors (Lipinski definition) is 1. The van der Waals surface area contributed by atoms with Crippen molar-refractivity contribution in [3.63, 3.8) is 0 Å². The minimum Gasteiger partial charge on any atom is -0.372 e. The second-order valence-corrected chi connectivity index (χ2v) is 7.33. The Hall–Kier alpha value is -2.29. The van der Waals surface area contributed by atoms with Crippen LogP contribution in [0.1, 0.15) is 42.4 Å². The lowest BCUT2D eigenvalue weighted by molar-refractivity contribution is -0.120. The Labute approximate surface area is 157 Å². The van der Waals surface area contributed by atoms with Crippen LogP contribution in [0.5, 0.6) is 0 Å². The van der Waals surface area contributed by atoms with E-state index < -0.39 is 0 Å². The molecule has 0 aliphatic carbocycles. The molecule has 3 heteroatoms. The van der Waals surface area contributed by atoms with Crippen LogP contribution < -0.4 is 10.2 Å². The van der Waals surface area contributed by atoms with E-state index in [1.54, 1.807) is 0 Å². The third kappa shape index (κ3) is 5.62. The van der Waals surface area contributed by atoms with Crippen LogP contribution in [-0.4, -0.2) is 25.5 Å². The summed E-state index contributed by atoms with van der Waals surface area (Å²) in [5, 5.41) is 3.04. The lowest BCUT2D eigenvalue weighted by Gasteiger charge is -2.28. The van der Waals surface area contributed by atoms with E-state index >= 15 is 0 Å². The molecule has 0 spiro atoms. The Morgan fingerprint density at radius 2 is 1.77 bits per heavy atom. The second kappa shape index (κ2) is 9.42. The number of anilines is 1. The maximum Gasteiger partial charge on any atom is 0.224 e. The summed E-state index contributed by atoms with van der Waals surface area (Å²) in [5.74, 6) is 0.107. The molecule has 1 N–H and O–H groups in total. The Morgan fingerprint density at radius 1 is 1.00 bits per heavy atom. The van der Waals surface area contributed by atoms with E-state index in [0.29, 0.717) is 6.42 Å². The van der Waals surface area contributed by atoms with Crippen LogP contribution in [0, 0.1) is 6.92 Å². The number of aryl methyl sites for hydroxylation is 2. The number of amides is 1. The highest BCUT2D eigenvalue weighted by Gasteiger charge is 2.10. The number of piperidine rings is 1. The molecule has 0 bridgehead atoms. The van der Waals surface area contributed by atoms with Crippen molar-refractivity contribution < 1.29 is 4.79 Å². The summed E-state index contributed by atoms with van der Waals surface area (Å²) in [7, 11) is 0. The zero-order chi connectivity index (χ0) is 18.2. The maximum atomic E-state index is 12.0. The van der Waals surface area contributed by atoms with Crippen molar-refractivity contribution in [1.82, 2.24) is 5.32 Å². The van der Waals surface area contributed by atoms with Crippen molar-refractivity contribution in [3.05, 3.63) is 65.2 Å². The van der Waals surface area contributed by atoms with Crippen molar-refractivity contribution >= 4 is 11.6 Å². The number of hydrogen-bond acceptors (Lipinski definition) is 2. The average Bonchev–Trinajstić information content (AvgIpc) is 2.66. The molecule has 1 saturated heterocycles. The van der Waals surface area contributed by atoms with Crippen molar-refractivity contribution in [2.24, 2.45) is 0 Å². The molecule has 138 valence electrons. The lowest BCUT2D eigenvalue weighted by atomic mass is 10.1. The normalized spacial score (nSPS) is 14.3. The molecule has 0 atom stereocenters.